The highest BCUT2D eigenvalue weighted by Crippen LogP contribution is 2.46. The van der Waals surface area contributed by atoms with Gasteiger partial charge in [0.15, 0.2) is 0 Å². The Morgan fingerprint density at radius 1 is 1.50 bits per heavy atom. The number of aryl methyl sites for hydroxylation is 1. The number of hydrogen-bond donors (Lipinski definition) is 1. The van der Waals surface area contributed by atoms with Crippen molar-refractivity contribution < 1.29 is 13.5 Å². The Morgan fingerprint density at radius 2 is 2.11 bits per heavy atom. The molecule has 3 rings (SSSR count). The molecule has 1 aromatic heterocycles. The summed E-state index contributed by atoms with van der Waals surface area (Å²) in [5.74, 6) is 0.305. The summed E-state index contributed by atoms with van der Waals surface area (Å²) in [6, 6.07) is 1.64. The third-order valence-electron chi connectivity index (χ3n) is 3.70. The van der Waals surface area contributed by atoms with Crippen LogP contribution in [0.1, 0.15) is 17.7 Å². The summed E-state index contributed by atoms with van der Waals surface area (Å²) in [5, 5.41) is 10.2. The zero-order chi connectivity index (χ0) is 13.1. The number of sulfonamides is 1. The molecule has 1 aliphatic heterocycles. The van der Waals surface area contributed by atoms with E-state index in [0.29, 0.717) is 10.8 Å². The van der Waals surface area contributed by atoms with Crippen LogP contribution in [0.3, 0.4) is 0 Å². The Morgan fingerprint density at radius 3 is 2.56 bits per heavy atom. The molecule has 1 saturated heterocycles. The van der Waals surface area contributed by atoms with Gasteiger partial charge < -0.3 is 5.11 Å². The molecule has 18 heavy (non-hydrogen) atoms. The minimum absolute atomic E-state index is 0.243. The maximum Gasteiger partial charge on any atom is 0.244 e. The van der Waals surface area contributed by atoms with Crippen molar-refractivity contribution in [3.8, 4) is 0 Å². The number of thiophene rings is 1. The highest BCUT2D eigenvalue weighted by Gasteiger charge is 2.55. The van der Waals surface area contributed by atoms with Gasteiger partial charge in [-0.1, -0.05) is 0 Å². The van der Waals surface area contributed by atoms with Gasteiger partial charge in [-0.25, -0.2) is 8.42 Å². The summed E-state index contributed by atoms with van der Waals surface area (Å²) in [4.78, 5) is 1.14. The van der Waals surface area contributed by atoms with E-state index < -0.39 is 15.6 Å². The molecule has 2 fully saturated rings. The van der Waals surface area contributed by atoms with Gasteiger partial charge in [0.25, 0.3) is 0 Å². The summed E-state index contributed by atoms with van der Waals surface area (Å²) in [5.41, 5.74) is -0.770. The van der Waals surface area contributed by atoms with Gasteiger partial charge in [-0.15, -0.1) is 11.3 Å². The van der Waals surface area contributed by atoms with E-state index in [9.17, 15) is 13.5 Å². The highest BCUT2D eigenvalue weighted by molar-refractivity contribution is 9.11. The molecule has 0 amide bonds. The van der Waals surface area contributed by atoms with Crippen LogP contribution in [0.5, 0.6) is 0 Å². The van der Waals surface area contributed by atoms with Gasteiger partial charge in [-0.2, -0.15) is 4.31 Å². The lowest BCUT2D eigenvalue weighted by Gasteiger charge is -2.45. The molecule has 1 aromatic rings. The topological polar surface area (TPSA) is 57.6 Å². The fraction of sp³-hybridized carbons (Fsp3) is 0.636. The van der Waals surface area contributed by atoms with Gasteiger partial charge in [0, 0.05) is 18.0 Å². The second-order valence-corrected chi connectivity index (χ2v) is 9.66. The SMILES string of the molecule is Cc1sc(Br)cc1S(=O)(=O)N1CC(O)(C2CC2)C1. The fourth-order valence-corrected chi connectivity index (χ4v) is 6.39. The lowest BCUT2D eigenvalue weighted by atomic mass is 9.91. The number of halogens is 1. The first-order valence-corrected chi connectivity index (χ1v) is 8.86. The van der Waals surface area contributed by atoms with Crippen LogP contribution in [0.4, 0.5) is 0 Å². The molecule has 4 nitrogen and oxygen atoms in total. The van der Waals surface area contributed by atoms with Crippen LogP contribution in [-0.4, -0.2) is 36.5 Å². The average molecular weight is 352 g/mol. The molecule has 1 saturated carbocycles. The Labute approximate surface area is 119 Å². The highest BCUT2D eigenvalue weighted by atomic mass is 79.9. The molecule has 0 radical (unpaired) electrons. The van der Waals surface area contributed by atoms with Crippen molar-refractivity contribution in [3.63, 3.8) is 0 Å². The largest absolute Gasteiger partial charge is 0.387 e. The number of hydrogen-bond acceptors (Lipinski definition) is 4. The van der Waals surface area contributed by atoms with Crippen LogP contribution in [0.15, 0.2) is 14.7 Å². The lowest BCUT2D eigenvalue weighted by molar-refractivity contribution is -0.0764. The van der Waals surface area contributed by atoms with Crippen molar-refractivity contribution in [1.29, 1.82) is 0 Å². The van der Waals surface area contributed by atoms with Crippen molar-refractivity contribution in [3.05, 3.63) is 14.7 Å². The summed E-state index contributed by atoms with van der Waals surface area (Å²) < 4.78 is 27.0. The predicted molar refractivity (Wildman–Crippen MR) is 73.2 cm³/mol. The third-order valence-corrected chi connectivity index (χ3v) is 7.30. The van der Waals surface area contributed by atoms with Crippen molar-refractivity contribution >= 4 is 37.3 Å². The summed E-state index contributed by atoms with van der Waals surface area (Å²) in [6.07, 6.45) is 2.04. The van der Waals surface area contributed by atoms with Crippen molar-refractivity contribution in [2.24, 2.45) is 5.92 Å². The van der Waals surface area contributed by atoms with E-state index in [1.165, 1.54) is 15.6 Å². The zero-order valence-electron chi connectivity index (χ0n) is 9.89. The Hall–Kier alpha value is 0.0500. The van der Waals surface area contributed by atoms with E-state index in [1.807, 2.05) is 0 Å². The number of rotatable bonds is 3. The molecule has 1 N–H and O–H groups in total. The molecular weight excluding hydrogens is 338 g/mol. The van der Waals surface area contributed by atoms with Gasteiger partial charge in [0.2, 0.25) is 10.0 Å². The molecule has 2 aliphatic rings. The molecule has 0 unspecified atom stereocenters. The van der Waals surface area contributed by atoms with Crippen molar-refractivity contribution in [1.82, 2.24) is 4.31 Å². The molecular formula is C11H14BrNO3S2. The smallest absolute Gasteiger partial charge is 0.244 e. The third kappa shape index (κ3) is 1.96. The molecule has 0 bridgehead atoms. The molecule has 0 aromatic carbocycles. The monoisotopic (exact) mass is 351 g/mol. The molecule has 1 aliphatic carbocycles. The van der Waals surface area contributed by atoms with Crippen LogP contribution in [0.2, 0.25) is 0 Å². The van der Waals surface area contributed by atoms with E-state index in [1.54, 1.807) is 13.0 Å². The first kappa shape index (κ1) is 13.1. The zero-order valence-corrected chi connectivity index (χ0v) is 13.1. The summed E-state index contributed by atoms with van der Waals surface area (Å²) in [7, 11) is -3.44. The molecule has 7 heteroatoms. The first-order valence-electron chi connectivity index (χ1n) is 5.81. The fourth-order valence-electron chi connectivity index (χ4n) is 2.44. The maximum absolute atomic E-state index is 12.4. The number of nitrogens with zero attached hydrogens (tertiary/aromatic N) is 1. The average Bonchev–Trinajstić information content (AvgIpc) is 3.00. The van der Waals surface area contributed by atoms with E-state index in [2.05, 4.69) is 15.9 Å². The van der Waals surface area contributed by atoms with Gasteiger partial charge in [-0.05, 0) is 47.7 Å². The van der Waals surface area contributed by atoms with Crippen LogP contribution in [0.25, 0.3) is 0 Å². The van der Waals surface area contributed by atoms with E-state index in [-0.39, 0.29) is 13.1 Å². The maximum atomic E-state index is 12.4. The molecule has 0 atom stereocenters. The second kappa shape index (κ2) is 4.02. The first-order chi connectivity index (χ1) is 8.33. The summed E-state index contributed by atoms with van der Waals surface area (Å²) >= 11 is 4.72. The molecule has 0 spiro atoms. The van der Waals surface area contributed by atoms with Gasteiger partial charge in [-0.3, -0.25) is 0 Å². The van der Waals surface area contributed by atoms with Gasteiger partial charge >= 0.3 is 0 Å². The van der Waals surface area contributed by atoms with Crippen molar-refractivity contribution in [2.45, 2.75) is 30.3 Å². The second-order valence-electron chi connectivity index (χ2n) is 5.12. The van der Waals surface area contributed by atoms with Crippen molar-refractivity contribution in [2.75, 3.05) is 13.1 Å². The Balaban J connectivity index is 1.82. The number of aliphatic hydroxyl groups is 1. The lowest BCUT2D eigenvalue weighted by Crippen LogP contribution is -2.64. The van der Waals surface area contributed by atoms with E-state index >= 15 is 0 Å². The van der Waals surface area contributed by atoms with E-state index in [0.717, 1.165) is 21.5 Å². The minimum atomic E-state index is -3.44. The Kier molecular flexibility index (Phi) is 2.92. The van der Waals surface area contributed by atoms with Crippen LogP contribution in [-0.2, 0) is 10.0 Å². The molecule has 100 valence electrons. The van der Waals surface area contributed by atoms with Crippen LogP contribution >= 0.6 is 27.3 Å². The van der Waals surface area contributed by atoms with Gasteiger partial charge in [0.05, 0.1) is 14.3 Å². The quantitative estimate of drug-likeness (QED) is 0.905. The minimum Gasteiger partial charge on any atom is -0.387 e. The summed E-state index contributed by atoms with van der Waals surface area (Å²) in [6.45, 7) is 2.29. The Bertz CT molecular complexity index is 585. The standard InChI is InChI=1S/C11H14BrNO3S2/c1-7-9(4-10(12)17-7)18(15,16)13-5-11(14,6-13)8-2-3-8/h4,8,14H,2-3,5-6H2,1H3. The number of β-amino-alcohol motifs (C(OH)–C–C–N with tert-alkyl or cyclic N) is 1. The van der Waals surface area contributed by atoms with Gasteiger partial charge in [0.1, 0.15) is 0 Å². The normalized spacial score (nSPS) is 23.9. The predicted octanol–water partition coefficient (Wildman–Crippen LogP) is 1.96. The van der Waals surface area contributed by atoms with Crippen LogP contribution < -0.4 is 0 Å². The van der Waals surface area contributed by atoms with E-state index in [4.69, 9.17) is 0 Å². The molecule has 2 heterocycles. The van der Waals surface area contributed by atoms with Crippen LogP contribution in [0, 0.1) is 12.8 Å².